The fourth-order valence-corrected chi connectivity index (χ4v) is 5.36. The first-order chi connectivity index (χ1) is 12.3. The third-order valence-electron chi connectivity index (χ3n) is 6.40. The molecule has 3 heterocycles. The number of likely N-dealkylation sites (tertiary alicyclic amines) is 1. The van der Waals surface area contributed by atoms with Crippen LogP contribution in [0.4, 0.5) is 4.79 Å². The molecule has 0 radical (unpaired) electrons. The van der Waals surface area contributed by atoms with Crippen molar-refractivity contribution >= 4 is 17.4 Å². The monoisotopic (exact) mass is 361 g/mol. The summed E-state index contributed by atoms with van der Waals surface area (Å²) in [5, 5.41) is 4.47. The third-order valence-corrected chi connectivity index (χ3v) is 7.13. The summed E-state index contributed by atoms with van der Waals surface area (Å²) in [6.07, 6.45) is 2.74. The second-order valence-corrected chi connectivity index (χ2v) is 8.85. The molecule has 0 N–H and O–H groups in total. The van der Waals surface area contributed by atoms with Gasteiger partial charge in [0.05, 0.1) is 13.2 Å². The molecule has 2 aliphatic carbocycles. The Labute approximate surface area is 153 Å². The molecule has 136 valence electrons. The average Bonchev–Trinajstić information content (AvgIpc) is 3.47. The number of amides is 2. The number of piperidine rings is 1. The lowest BCUT2D eigenvalue weighted by atomic mass is 10.2. The van der Waals surface area contributed by atoms with Crippen molar-refractivity contribution in [2.75, 3.05) is 45.9 Å². The molecule has 0 bridgehead atoms. The van der Waals surface area contributed by atoms with Gasteiger partial charge in [-0.2, -0.15) is 11.3 Å². The molecule has 0 aromatic carbocycles. The Bertz CT molecular complexity index is 600. The number of hydrogen-bond donors (Lipinski definition) is 0. The molecule has 5 nitrogen and oxygen atoms in total. The van der Waals surface area contributed by atoms with Gasteiger partial charge in [-0.25, -0.2) is 4.79 Å². The zero-order valence-corrected chi connectivity index (χ0v) is 15.5. The van der Waals surface area contributed by atoms with E-state index in [0.717, 1.165) is 56.5 Å². The summed E-state index contributed by atoms with van der Waals surface area (Å²) in [5.74, 6) is 2.30. The lowest BCUT2D eigenvalue weighted by Gasteiger charge is -2.32. The van der Waals surface area contributed by atoms with Gasteiger partial charge in [-0.3, -0.25) is 4.90 Å². The number of morpholine rings is 1. The van der Waals surface area contributed by atoms with Crippen molar-refractivity contribution in [3.8, 4) is 0 Å². The Morgan fingerprint density at radius 3 is 2.60 bits per heavy atom. The number of carbonyl (C=O) groups excluding carboxylic acids is 1. The molecular weight excluding hydrogens is 334 g/mol. The van der Waals surface area contributed by atoms with Crippen LogP contribution < -0.4 is 0 Å². The standard InChI is InChI=1S/C19H27N3O2S/c23-19(20-4-6-24-7-5-20)22-11-17-16(18(17)12-22)10-21(15-1-2-15)9-14-3-8-25-13-14/h3,8,13,15-18H,1-2,4-7,9-12H2. The van der Waals surface area contributed by atoms with E-state index in [4.69, 9.17) is 4.74 Å². The van der Waals surface area contributed by atoms with E-state index < -0.39 is 0 Å². The molecule has 1 aromatic heterocycles. The minimum atomic E-state index is 0.242. The van der Waals surface area contributed by atoms with Gasteiger partial charge in [0.1, 0.15) is 0 Å². The third kappa shape index (κ3) is 3.32. The van der Waals surface area contributed by atoms with Crippen molar-refractivity contribution in [2.24, 2.45) is 17.8 Å². The van der Waals surface area contributed by atoms with Gasteiger partial charge in [0.2, 0.25) is 0 Å². The minimum Gasteiger partial charge on any atom is -0.378 e. The second-order valence-electron chi connectivity index (χ2n) is 8.07. The van der Waals surface area contributed by atoms with Crippen molar-refractivity contribution in [3.05, 3.63) is 22.4 Å². The van der Waals surface area contributed by atoms with Crippen LogP contribution in [0.3, 0.4) is 0 Å². The lowest BCUT2D eigenvalue weighted by Crippen LogP contribution is -2.48. The average molecular weight is 362 g/mol. The Hall–Kier alpha value is -1.11. The predicted molar refractivity (Wildman–Crippen MR) is 97.6 cm³/mol. The van der Waals surface area contributed by atoms with Crippen molar-refractivity contribution in [2.45, 2.75) is 25.4 Å². The molecule has 25 heavy (non-hydrogen) atoms. The molecule has 2 saturated heterocycles. The van der Waals surface area contributed by atoms with Gasteiger partial charge in [0.25, 0.3) is 0 Å². The topological polar surface area (TPSA) is 36.0 Å². The van der Waals surface area contributed by atoms with E-state index in [-0.39, 0.29) is 6.03 Å². The summed E-state index contributed by atoms with van der Waals surface area (Å²) in [6.45, 7) is 7.18. The van der Waals surface area contributed by atoms with E-state index >= 15 is 0 Å². The van der Waals surface area contributed by atoms with Gasteiger partial charge < -0.3 is 14.5 Å². The number of nitrogens with zero attached hydrogens (tertiary/aromatic N) is 3. The molecule has 2 amide bonds. The summed E-state index contributed by atoms with van der Waals surface area (Å²) in [4.78, 5) is 19.4. The van der Waals surface area contributed by atoms with Gasteiger partial charge in [0, 0.05) is 45.3 Å². The molecule has 2 atom stereocenters. The molecule has 2 unspecified atom stereocenters. The van der Waals surface area contributed by atoms with E-state index in [1.54, 1.807) is 11.3 Å². The van der Waals surface area contributed by atoms with E-state index in [1.807, 2.05) is 4.90 Å². The highest BCUT2D eigenvalue weighted by molar-refractivity contribution is 7.07. The highest BCUT2D eigenvalue weighted by Gasteiger charge is 2.57. The van der Waals surface area contributed by atoms with Crippen LogP contribution in [0.1, 0.15) is 18.4 Å². The van der Waals surface area contributed by atoms with Crippen molar-refractivity contribution in [1.82, 2.24) is 14.7 Å². The normalized spacial score (nSPS) is 31.5. The summed E-state index contributed by atoms with van der Waals surface area (Å²) < 4.78 is 5.36. The molecule has 0 spiro atoms. The molecule has 1 aromatic rings. The SMILES string of the molecule is O=C(N1CCOCC1)N1CC2C(C1)C2CN(Cc1ccsc1)C1CC1. The van der Waals surface area contributed by atoms with E-state index in [0.29, 0.717) is 13.2 Å². The predicted octanol–water partition coefficient (Wildman–Crippen LogP) is 2.34. The number of ether oxygens (including phenoxy) is 1. The fourth-order valence-electron chi connectivity index (χ4n) is 4.70. The fraction of sp³-hybridized carbons (Fsp3) is 0.737. The molecule has 5 rings (SSSR count). The summed E-state index contributed by atoms with van der Waals surface area (Å²) in [5.41, 5.74) is 1.46. The van der Waals surface area contributed by atoms with Crippen LogP contribution in [0.2, 0.25) is 0 Å². The van der Waals surface area contributed by atoms with Gasteiger partial charge in [-0.1, -0.05) is 0 Å². The highest BCUT2D eigenvalue weighted by atomic mass is 32.1. The Morgan fingerprint density at radius 1 is 1.20 bits per heavy atom. The van der Waals surface area contributed by atoms with Gasteiger partial charge >= 0.3 is 6.03 Å². The van der Waals surface area contributed by atoms with E-state index in [1.165, 1.54) is 24.9 Å². The Balaban J connectivity index is 1.13. The summed E-state index contributed by atoms with van der Waals surface area (Å²) in [6, 6.07) is 3.31. The van der Waals surface area contributed by atoms with E-state index in [9.17, 15) is 4.79 Å². The van der Waals surface area contributed by atoms with Gasteiger partial charge in [-0.15, -0.1) is 0 Å². The number of thiophene rings is 1. The molecule has 6 heteroatoms. The van der Waals surface area contributed by atoms with Crippen LogP contribution in [0, 0.1) is 17.8 Å². The Kier molecular flexibility index (Phi) is 4.22. The van der Waals surface area contributed by atoms with Crippen molar-refractivity contribution < 1.29 is 9.53 Å². The van der Waals surface area contributed by atoms with Gasteiger partial charge in [0.15, 0.2) is 0 Å². The number of hydrogen-bond acceptors (Lipinski definition) is 4. The maximum absolute atomic E-state index is 12.6. The number of urea groups is 1. The van der Waals surface area contributed by atoms with Crippen LogP contribution in [-0.4, -0.2) is 72.7 Å². The van der Waals surface area contributed by atoms with Crippen molar-refractivity contribution in [1.29, 1.82) is 0 Å². The van der Waals surface area contributed by atoms with Crippen molar-refractivity contribution in [3.63, 3.8) is 0 Å². The second kappa shape index (κ2) is 6.56. The number of carbonyl (C=O) groups is 1. The largest absolute Gasteiger partial charge is 0.378 e. The van der Waals surface area contributed by atoms with E-state index in [2.05, 4.69) is 26.6 Å². The summed E-state index contributed by atoms with van der Waals surface area (Å²) in [7, 11) is 0. The molecule has 2 saturated carbocycles. The van der Waals surface area contributed by atoms with Gasteiger partial charge in [-0.05, 0) is 53.0 Å². The van der Waals surface area contributed by atoms with Crippen LogP contribution in [0.25, 0.3) is 0 Å². The van der Waals surface area contributed by atoms with Crippen LogP contribution in [0.15, 0.2) is 16.8 Å². The van der Waals surface area contributed by atoms with Crippen LogP contribution >= 0.6 is 11.3 Å². The highest BCUT2D eigenvalue weighted by Crippen LogP contribution is 2.53. The number of rotatable bonds is 5. The molecule has 2 aliphatic heterocycles. The minimum absolute atomic E-state index is 0.242. The Morgan fingerprint density at radius 2 is 1.96 bits per heavy atom. The number of fused-ring (bicyclic) bond motifs is 1. The lowest BCUT2D eigenvalue weighted by molar-refractivity contribution is 0.0437. The molecule has 4 fully saturated rings. The smallest absolute Gasteiger partial charge is 0.320 e. The first-order valence-corrected chi connectivity index (χ1v) is 10.6. The van der Waals surface area contributed by atoms with Crippen LogP contribution in [-0.2, 0) is 11.3 Å². The maximum atomic E-state index is 12.6. The quantitative estimate of drug-likeness (QED) is 0.808. The maximum Gasteiger partial charge on any atom is 0.320 e. The first-order valence-electron chi connectivity index (χ1n) is 9.66. The summed E-state index contributed by atoms with van der Waals surface area (Å²) >= 11 is 1.80. The molecule has 4 aliphatic rings. The first kappa shape index (κ1) is 16.1. The molecular formula is C19H27N3O2S. The zero-order chi connectivity index (χ0) is 16.8. The zero-order valence-electron chi connectivity index (χ0n) is 14.7. The van der Waals surface area contributed by atoms with Crippen LogP contribution in [0.5, 0.6) is 0 Å².